The third kappa shape index (κ3) is 3.79. The predicted octanol–water partition coefficient (Wildman–Crippen LogP) is 3.45. The van der Waals surface area contributed by atoms with E-state index in [4.69, 9.17) is 4.52 Å². The van der Waals surface area contributed by atoms with Gasteiger partial charge in [0.1, 0.15) is 11.5 Å². The largest absolute Gasteiger partial charge is 0.338 e. The number of carbonyl (C=O) groups excluding carboxylic acids is 1. The second kappa shape index (κ2) is 6.83. The molecule has 0 aliphatic heterocycles. The number of hydrogen-bond donors (Lipinski definition) is 1. The lowest BCUT2D eigenvalue weighted by Crippen LogP contribution is -2.11. The standard InChI is InChI=1S/C17H14FN3O2/c18-14-6-2-1-5-13(14)15-10-17(23-21-15)20-16(22)8-7-12-4-3-9-19-11-12/h1-6,9-11H,7-8H2,(H,20,22). The number of pyridine rings is 1. The number of nitrogens with one attached hydrogen (secondary N) is 1. The van der Waals surface area contributed by atoms with Crippen molar-refractivity contribution in [2.45, 2.75) is 12.8 Å². The molecule has 0 bridgehead atoms. The first kappa shape index (κ1) is 14.9. The van der Waals surface area contributed by atoms with Crippen molar-refractivity contribution in [3.63, 3.8) is 0 Å². The summed E-state index contributed by atoms with van der Waals surface area (Å²) < 4.78 is 18.7. The van der Waals surface area contributed by atoms with Gasteiger partial charge < -0.3 is 4.52 Å². The lowest BCUT2D eigenvalue weighted by atomic mass is 10.1. The summed E-state index contributed by atoms with van der Waals surface area (Å²) in [5.74, 6) is -0.403. The van der Waals surface area contributed by atoms with E-state index in [-0.39, 0.29) is 11.8 Å². The molecule has 6 heteroatoms. The van der Waals surface area contributed by atoms with E-state index in [1.54, 1.807) is 30.6 Å². The molecular formula is C17H14FN3O2. The third-order valence-electron chi connectivity index (χ3n) is 3.29. The molecule has 1 N–H and O–H groups in total. The topological polar surface area (TPSA) is 68.0 Å². The first-order valence-corrected chi connectivity index (χ1v) is 7.13. The number of carbonyl (C=O) groups is 1. The minimum absolute atomic E-state index is 0.194. The maximum Gasteiger partial charge on any atom is 0.231 e. The molecule has 0 aliphatic rings. The first-order valence-electron chi connectivity index (χ1n) is 7.13. The van der Waals surface area contributed by atoms with Crippen LogP contribution >= 0.6 is 0 Å². The van der Waals surface area contributed by atoms with Crippen LogP contribution in [0.5, 0.6) is 0 Å². The normalized spacial score (nSPS) is 10.5. The summed E-state index contributed by atoms with van der Waals surface area (Å²) in [5, 5.41) is 6.39. The van der Waals surface area contributed by atoms with Crippen LogP contribution in [0.1, 0.15) is 12.0 Å². The van der Waals surface area contributed by atoms with Gasteiger partial charge in [-0.05, 0) is 30.2 Å². The fourth-order valence-corrected chi connectivity index (χ4v) is 2.13. The lowest BCUT2D eigenvalue weighted by molar-refractivity contribution is -0.116. The van der Waals surface area contributed by atoms with Crippen LogP contribution in [0.3, 0.4) is 0 Å². The molecule has 0 fully saturated rings. The number of benzene rings is 1. The molecule has 1 aromatic carbocycles. The van der Waals surface area contributed by atoms with Crippen molar-refractivity contribution in [1.82, 2.24) is 10.1 Å². The van der Waals surface area contributed by atoms with Crippen LogP contribution in [-0.4, -0.2) is 16.0 Å². The summed E-state index contributed by atoms with van der Waals surface area (Å²) >= 11 is 0. The average Bonchev–Trinajstić information content (AvgIpc) is 3.02. The van der Waals surface area contributed by atoms with E-state index in [1.165, 1.54) is 12.1 Å². The minimum Gasteiger partial charge on any atom is -0.338 e. The molecule has 3 aromatic rings. The summed E-state index contributed by atoms with van der Waals surface area (Å²) in [6.45, 7) is 0. The van der Waals surface area contributed by atoms with E-state index in [0.29, 0.717) is 24.1 Å². The Morgan fingerprint density at radius 3 is 2.87 bits per heavy atom. The molecule has 0 saturated carbocycles. The molecule has 2 heterocycles. The second-order valence-electron chi connectivity index (χ2n) is 4.97. The molecule has 0 unspecified atom stereocenters. The van der Waals surface area contributed by atoms with Gasteiger partial charge in [0, 0.05) is 30.4 Å². The Kier molecular flexibility index (Phi) is 4.42. The fraction of sp³-hybridized carbons (Fsp3) is 0.118. The zero-order valence-electron chi connectivity index (χ0n) is 12.2. The van der Waals surface area contributed by atoms with Crippen molar-refractivity contribution in [3.05, 3.63) is 66.2 Å². The zero-order chi connectivity index (χ0) is 16.1. The van der Waals surface area contributed by atoms with Gasteiger partial charge in [-0.1, -0.05) is 23.4 Å². The Hall–Kier alpha value is -3.02. The van der Waals surface area contributed by atoms with Crippen LogP contribution in [0, 0.1) is 5.82 Å². The average molecular weight is 311 g/mol. The van der Waals surface area contributed by atoms with Gasteiger partial charge in [0.05, 0.1) is 0 Å². The molecule has 2 aromatic heterocycles. The number of amides is 1. The van der Waals surface area contributed by atoms with Gasteiger partial charge >= 0.3 is 0 Å². The molecule has 0 saturated heterocycles. The van der Waals surface area contributed by atoms with Gasteiger partial charge in [-0.3, -0.25) is 15.1 Å². The first-order chi connectivity index (χ1) is 11.2. The van der Waals surface area contributed by atoms with Crippen LogP contribution in [-0.2, 0) is 11.2 Å². The number of halogens is 1. The monoisotopic (exact) mass is 311 g/mol. The Morgan fingerprint density at radius 2 is 2.09 bits per heavy atom. The number of nitrogens with zero attached hydrogens (tertiary/aromatic N) is 2. The van der Waals surface area contributed by atoms with E-state index in [1.807, 2.05) is 12.1 Å². The molecule has 0 spiro atoms. The Labute approximate surface area is 132 Å². The molecule has 116 valence electrons. The number of rotatable bonds is 5. The van der Waals surface area contributed by atoms with E-state index in [0.717, 1.165) is 5.56 Å². The van der Waals surface area contributed by atoms with Crippen LogP contribution in [0.25, 0.3) is 11.3 Å². The molecule has 23 heavy (non-hydrogen) atoms. The van der Waals surface area contributed by atoms with Gasteiger partial charge in [0.15, 0.2) is 0 Å². The van der Waals surface area contributed by atoms with E-state index in [9.17, 15) is 9.18 Å². The van der Waals surface area contributed by atoms with Gasteiger partial charge in [-0.25, -0.2) is 4.39 Å². The fourth-order valence-electron chi connectivity index (χ4n) is 2.13. The van der Waals surface area contributed by atoms with Crippen LogP contribution < -0.4 is 5.32 Å². The SMILES string of the molecule is O=C(CCc1cccnc1)Nc1cc(-c2ccccc2F)no1. The second-order valence-corrected chi connectivity index (χ2v) is 4.97. The van der Waals surface area contributed by atoms with E-state index < -0.39 is 5.82 Å². The van der Waals surface area contributed by atoms with Crippen LogP contribution in [0.2, 0.25) is 0 Å². The van der Waals surface area contributed by atoms with Gasteiger partial charge in [-0.15, -0.1) is 0 Å². The summed E-state index contributed by atoms with van der Waals surface area (Å²) in [7, 11) is 0. The van der Waals surface area contributed by atoms with Crippen molar-refractivity contribution < 1.29 is 13.7 Å². The lowest BCUT2D eigenvalue weighted by Gasteiger charge is -2.01. The Balaban J connectivity index is 1.61. The Bertz CT molecular complexity index is 802. The molecular weight excluding hydrogens is 297 g/mol. The van der Waals surface area contributed by atoms with E-state index >= 15 is 0 Å². The highest BCUT2D eigenvalue weighted by molar-refractivity contribution is 5.89. The predicted molar refractivity (Wildman–Crippen MR) is 83.1 cm³/mol. The molecule has 0 radical (unpaired) electrons. The molecule has 1 amide bonds. The highest BCUT2D eigenvalue weighted by Gasteiger charge is 2.12. The number of hydrogen-bond acceptors (Lipinski definition) is 4. The summed E-state index contributed by atoms with van der Waals surface area (Å²) in [6, 6.07) is 11.5. The van der Waals surface area contributed by atoms with Crippen molar-refractivity contribution in [1.29, 1.82) is 0 Å². The maximum absolute atomic E-state index is 13.7. The smallest absolute Gasteiger partial charge is 0.231 e. The van der Waals surface area contributed by atoms with Gasteiger partial charge in [0.25, 0.3) is 0 Å². The van der Waals surface area contributed by atoms with Crippen LogP contribution in [0.15, 0.2) is 59.4 Å². The molecule has 5 nitrogen and oxygen atoms in total. The van der Waals surface area contributed by atoms with Crippen molar-refractivity contribution in [3.8, 4) is 11.3 Å². The van der Waals surface area contributed by atoms with Crippen molar-refractivity contribution in [2.24, 2.45) is 0 Å². The maximum atomic E-state index is 13.7. The van der Waals surface area contributed by atoms with Crippen LogP contribution in [0.4, 0.5) is 10.3 Å². The van der Waals surface area contributed by atoms with Gasteiger partial charge in [0.2, 0.25) is 11.8 Å². The third-order valence-corrected chi connectivity index (χ3v) is 3.29. The minimum atomic E-state index is -0.393. The number of anilines is 1. The molecule has 0 aliphatic carbocycles. The van der Waals surface area contributed by atoms with Gasteiger partial charge in [-0.2, -0.15) is 0 Å². The van der Waals surface area contributed by atoms with Crippen molar-refractivity contribution in [2.75, 3.05) is 5.32 Å². The van der Waals surface area contributed by atoms with E-state index in [2.05, 4.69) is 15.5 Å². The zero-order valence-corrected chi connectivity index (χ0v) is 12.2. The summed E-state index contributed by atoms with van der Waals surface area (Å²) in [5.41, 5.74) is 1.64. The number of aromatic nitrogens is 2. The summed E-state index contributed by atoms with van der Waals surface area (Å²) in [4.78, 5) is 15.9. The highest BCUT2D eigenvalue weighted by Crippen LogP contribution is 2.24. The van der Waals surface area contributed by atoms with Crippen molar-refractivity contribution >= 4 is 11.8 Å². The molecule has 3 rings (SSSR count). The Morgan fingerprint density at radius 1 is 1.22 bits per heavy atom. The number of aryl methyl sites for hydroxylation is 1. The highest BCUT2D eigenvalue weighted by atomic mass is 19.1. The quantitative estimate of drug-likeness (QED) is 0.783. The summed E-state index contributed by atoms with van der Waals surface area (Å²) in [6.07, 6.45) is 4.27. The molecule has 0 atom stereocenters.